The predicted octanol–water partition coefficient (Wildman–Crippen LogP) is 4.10. The van der Waals surface area contributed by atoms with E-state index in [0.717, 1.165) is 5.56 Å². The maximum absolute atomic E-state index is 13.0. The zero-order valence-corrected chi connectivity index (χ0v) is 18.8. The normalized spacial score (nSPS) is 12.1. The summed E-state index contributed by atoms with van der Waals surface area (Å²) in [5.74, 6) is -0.259. The van der Waals surface area contributed by atoms with Crippen molar-refractivity contribution in [1.29, 1.82) is 0 Å². The van der Waals surface area contributed by atoms with Crippen molar-refractivity contribution < 1.29 is 22.7 Å². The quantitative estimate of drug-likeness (QED) is 0.524. The van der Waals surface area contributed by atoms with Crippen LogP contribution < -0.4 is 14.8 Å². The maximum Gasteiger partial charge on any atom is 0.265 e. The van der Waals surface area contributed by atoms with E-state index in [1.165, 1.54) is 25.3 Å². The Labute approximate surface area is 179 Å². The Kier molecular flexibility index (Phi) is 7.83. The fourth-order valence-electron chi connectivity index (χ4n) is 2.41. The molecule has 0 aliphatic carbocycles. The molecule has 0 fully saturated rings. The molecule has 156 valence electrons. The van der Waals surface area contributed by atoms with Crippen LogP contribution in [-0.2, 0) is 19.6 Å². The van der Waals surface area contributed by atoms with Crippen molar-refractivity contribution >= 4 is 43.2 Å². The average molecular weight is 483 g/mol. The molecule has 0 bridgehead atoms. The van der Waals surface area contributed by atoms with Crippen LogP contribution in [0, 0.1) is 6.92 Å². The van der Waals surface area contributed by atoms with Crippen molar-refractivity contribution in [3.63, 3.8) is 0 Å². The molecule has 0 saturated heterocycles. The highest BCUT2D eigenvalue weighted by Crippen LogP contribution is 2.31. The lowest BCUT2D eigenvalue weighted by molar-refractivity contribution is -0.125. The van der Waals surface area contributed by atoms with Crippen molar-refractivity contribution in [3.05, 3.63) is 59.1 Å². The van der Waals surface area contributed by atoms with Crippen molar-refractivity contribution in [2.24, 2.45) is 0 Å². The molecule has 0 spiro atoms. The number of rotatable bonds is 9. The van der Waals surface area contributed by atoms with Gasteiger partial charge in [-0.2, -0.15) is 0 Å². The molecule has 2 aromatic carbocycles. The predicted molar refractivity (Wildman–Crippen MR) is 117 cm³/mol. The molecule has 0 aliphatic heterocycles. The monoisotopic (exact) mass is 482 g/mol. The fraction of sp³-hybridized carbons (Fsp3) is 0.250. The van der Waals surface area contributed by atoms with Crippen molar-refractivity contribution in [1.82, 2.24) is 0 Å². The summed E-state index contributed by atoms with van der Waals surface area (Å²) in [5, 5.41) is 2.64. The van der Waals surface area contributed by atoms with Crippen LogP contribution in [-0.4, -0.2) is 34.1 Å². The number of benzene rings is 2. The summed E-state index contributed by atoms with van der Waals surface area (Å²) >= 11 is 3.34. The second-order valence-corrected chi connectivity index (χ2v) is 8.71. The minimum Gasteiger partial charge on any atom is -0.495 e. The number of aryl methyl sites for hydroxylation is 1. The molecule has 1 amide bonds. The SMILES string of the molecule is C=CCOC(C)C(=O)Nc1ccc(OC)c(S(=O)(=O)Nc2cc(C)ccc2Br)c1. The van der Waals surface area contributed by atoms with Crippen LogP contribution in [0.15, 0.2) is 58.4 Å². The first-order valence-electron chi connectivity index (χ1n) is 8.68. The van der Waals surface area contributed by atoms with Gasteiger partial charge in [0.05, 0.1) is 19.4 Å². The number of carbonyl (C=O) groups excluding carboxylic acids is 1. The zero-order valence-electron chi connectivity index (χ0n) is 16.4. The Bertz CT molecular complexity index is 1010. The molecular weight excluding hydrogens is 460 g/mol. The van der Waals surface area contributed by atoms with Gasteiger partial charge in [0.25, 0.3) is 15.9 Å². The van der Waals surface area contributed by atoms with Crippen LogP contribution >= 0.6 is 15.9 Å². The van der Waals surface area contributed by atoms with Crippen LogP contribution in [0.25, 0.3) is 0 Å². The molecule has 7 nitrogen and oxygen atoms in total. The minimum absolute atomic E-state index is 0.106. The van der Waals surface area contributed by atoms with Crippen LogP contribution in [0.3, 0.4) is 0 Å². The molecule has 0 heterocycles. The van der Waals surface area contributed by atoms with Gasteiger partial charge in [-0.15, -0.1) is 6.58 Å². The number of hydrogen-bond acceptors (Lipinski definition) is 5. The average Bonchev–Trinajstić information content (AvgIpc) is 2.68. The number of methoxy groups -OCH3 is 1. The van der Waals surface area contributed by atoms with Gasteiger partial charge < -0.3 is 14.8 Å². The fourth-order valence-corrected chi connectivity index (χ4v) is 4.16. The van der Waals surface area contributed by atoms with Gasteiger partial charge in [-0.25, -0.2) is 8.42 Å². The third-order valence-corrected chi connectivity index (χ3v) is 6.00. The van der Waals surface area contributed by atoms with Crippen LogP contribution in [0.2, 0.25) is 0 Å². The molecule has 0 radical (unpaired) electrons. The summed E-state index contributed by atoms with van der Waals surface area (Å²) in [6, 6.07) is 9.69. The Morgan fingerprint density at radius 3 is 2.66 bits per heavy atom. The number of ether oxygens (including phenoxy) is 2. The first-order valence-corrected chi connectivity index (χ1v) is 11.0. The molecule has 1 unspecified atom stereocenters. The largest absolute Gasteiger partial charge is 0.495 e. The van der Waals surface area contributed by atoms with E-state index < -0.39 is 22.0 Å². The first-order chi connectivity index (χ1) is 13.7. The van der Waals surface area contributed by atoms with Gasteiger partial charge >= 0.3 is 0 Å². The van der Waals surface area contributed by atoms with Crippen molar-refractivity contribution in [3.8, 4) is 5.75 Å². The van der Waals surface area contributed by atoms with Gasteiger partial charge in [0.15, 0.2) is 0 Å². The Morgan fingerprint density at radius 1 is 1.28 bits per heavy atom. The summed E-state index contributed by atoms with van der Waals surface area (Å²) in [4.78, 5) is 12.1. The second-order valence-electron chi connectivity index (χ2n) is 6.21. The summed E-state index contributed by atoms with van der Waals surface area (Å²) < 4.78 is 39.6. The highest BCUT2D eigenvalue weighted by Gasteiger charge is 2.22. The summed E-state index contributed by atoms with van der Waals surface area (Å²) in [7, 11) is -2.61. The molecule has 29 heavy (non-hydrogen) atoms. The first kappa shape index (κ1) is 22.9. The van der Waals surface area contributed by atoms with Crippen LogP contribution in [0.4, 0.5) is 11.4 Å². The van der Waals surface area contributed by atoms with Crippen molar-refractivity contribution in [2.75, 3.05) is 23.8 Å². The standard InChI is InChI=1S/C20H23BrN2O5S/c1-5-10-28-14(3)20(24)22-15-7-9-18(27-4)19(12-15)29(25,26)23-17-11-13(2)6-8-16(17)21/h5-9,11-12,14,23H,1,10H2,2-4H3,(H,22,24). The molecule has 0 aliphatic rings. The lowest BCUT2D eigenvalue weighted by Gasteiger charge is -2.16. The van der Waals surface area contributed by atoms with Crippen LogP contribution in [0.1, 0.15) is 12.5 Å². The Hall–Kier alpha value is -2.36. The maximum atomic E-state index is 13.0. The van der Waals surface area contributed by atoms with Gasteiger partial charge in [0.2, 0.25) is 0 Å². The summed E-state index contributed by atoms with van der Waals surface area (Å²) in [6.45, 7) is 7.21. The topological polar surface area (TPSA) is 93.7 Å². The number of anilines is 2. The van der Waals surface area contributed by atoms with E-state index in [0.29, 0.717) is 15.8 Å². The minimum atomic E-state index is -3.99. The molecular formula is C20H23BrN2O5S. The van der Waals surface area contributed by atoms with E-state index in [1.54, 1.807) is 25.1 Å². The van der Waals surface area contributed by atoms with E-state index in [4.69, 9.17) is 9.47 Å². The lowest BCUT2D eigenvalue weighted by atomic mass is 10.2. The highest BCUT2D eigenvalue weighted by molar-refractivity contribution is 9.10. The molecule has 2 N–H and O–H groups in total. The van der Waals surface area contributed by atoms with Gasteiger partial charge in [0.1, 0.15) is 16.7 Å². The summed E-state index contributed by atoms with van der Waals surface area (Å²) in [5.41, 5.74) is 1.59. The molecule has 0 aromatic heterocycles. The third-order valence-electron chi connectivity index (χ3n) is 3.92. The molecule has 9 heteroatoms. The number of halogens is 1. The number of carbonyl (C=O) groups is 1. The molecule has 1 atom stereocenters. The zero-order chi connectivity index (χ0) is 21.6. The number of amides is 1. The number of nitrogens with one attached hydrogen (secondary N) is 2. The lowest BCUT2D eigenvalue weighted by Crippen LogP contribution is -2.28. The van der Waals surface area contributed by atoms with E-state index in [2.05, 4.69) is 32.5 Å². The smallest absolute Gasteiger partial charge is 0.265 e. The molecule has 2 aromatic rings. The summed E-state index contributed by atoms with van der Waals surface area (Å²) in [6.07, 6.45) is 0.813. The Balaban J connectivity index is 2.33. The van der Waals surface area contributed by atoms with Crippen molar-refractivity contribution in [2.45, 2.75) is 24.8 Å². The van der Waals surface area contributed by atoms with E-state index in [9.17, 15) is 13.2 Å². The van der Waals surface area contributed by atoms with E-state index >= 15 is 0 Å². The van der Waals surface area contributed by atoms with Gasteiger partial charge in [-0.05, 0) is 65.7 Å². The Morgan fingerprint density at radius 2 is 2.00 bits per heavy atom. The number of sulfonamides is 1. The van der Waals surface area contributed by atoms with Gasteiger partial charge in [0, 0.05) is 10.2 Å². The second kappa shape index (κ2) is 9.91. The third kappa shape index (κ3) is 6.06. The van der Waals surface area contributed by atoms with Gasteiger partial charge in [-0.3, -0.25) is 9.52 Å². The molecule has 2 rings (SSSR count). The number of hydrogen-bond donors (Lipinski definition) is 2. The van der Waals surface area contributed by atoms with Gasteiger partial charge in [-0.1, -0.05) is 12.1 Å². The highest BCUT2D eigenvalue weighted by atomic mass is 79.9. The van der Waals surface area contributed by atoms with E-state index in [-0.39, 0.29) is 17.3 Å². The molecule has 0 saturated carbocycles. The van der Waals surface area contributed by atoms with Crippen LogP contribution in [0.5, 0.6) is 5.75 Å². The van der Waals surface area contributed by atoms with E-state index in [1.807, 2.05) is 13.0 Å².